The highest BCUT2D eigenvalue weighted by Gasteiger charge is 2.19. The molecule has 0 fully saturated rings. The van der Waals surface area contributed by atoms with Gasteiger partial charge in [-0.05, 0) is 66.0 Å². The van der Waals surface area contributed by atoms with Crippen LogP contribution < -0.4 is 0 Å². The summed E-state index contributed by atoms with van der Waals surface area (Å²) in [5, 5.41) is 13.8. The van der Waals surface area contributed by atoms with E-state index in [1.54, 1.807) is 0 Å². The summed E-state index contributed by atoms with van der Waals surface area (Å²) in [4.78, 5) is 3.67. The zero-order chi connectivity index (χ0) is 24.2. The Bertz CT molecular complexity index is 2060. The number of para-hydroxylation sites is 2. The highest BCUT2D eigenvalue weighted by molar-refractivity contribution is 6.16. The first-order chi connectivity index (χ1) is 17.8. The second kappa shape index (κ2) is 7.60. The molecule has 36 heavy (non-hydrogen) atoms. The molecule has 0 aliphatic rings. The van der Waals surface area contributed by atoms with E-state index >= 15 is 0 Å². The van der Waals surface area contributed by atoms with E-state index in [0.29, 0.717) is 11.3 Å². The predicted octanol–water partition coefficient (Wildman–Crippen LogP) is 8.30. The normalized spacial score (nSPS) is 11.3. The molecule has 2 heterocycles. The minimum atomic E-state index is 0.640. The third kappa shape index (κ3) is 2.73. The molecule has 0 unspecified atom stereocenters. The van der Waals surface area contributed by atoms with E-state index in [4.69, 9.17) is 6.57 Å². The minimum absolute atomic E-state index is 0.640. The zero-order valence-electron chi connectivity index (χ0n) is 19.2. The largest absolute Gasteiger partial charge is 0.309 e. The number of aromatic nitrogens is 2. The molecule has 0 atom stereocenters. The maximum Gasteiger partial charge on any atom is 0.188 e. The molecule has 0 saturated heterocycles. The van der Waals surface area contributed by atoms with Crippen molar-refractivity contribution in [3.63, 3.8) is 0 Å². The van der Waals surface area contributed by atoms with E-state index in [2.05, 4.69) is 86.8 Å². The van der Waals surface area contributed by atoms with E-state index in [9.17, 15) is 5.26 Å². The van der Waals surface area contributed by atoms with Crippen LogP contribution >= 0.6 is 0 Å². The first kappa shape index (κ1) is 20.1. The summed E-state index contributed by atoms with van der Waals surface area (Å²) in [6.07, 6.45) is 0. The fourth-order valence-electron chi connectivity index (χ4n) is 5.44. The average Bonchev–Trinajstić information content (AvgIpc) is 3.46. The minimum Gasteiger partial charge on any atom is -0.309 e. The van der Waals surface area contributed by atoms with Crippen molar-refractivity contribution in [3.8, 4) is 17.4 Å². The molecule has 7 rings (SSSR count). The number of benzene rings is 5. The summed E-state index contributed by atoms with van der Waals surface area (Å²) in [5.74, 6) is 0. The number of hydrogen-bond donors (Lipinski definition) is 0. The Balaban J connectivity index is 1.64. The smallest absolute Gasteiger partial charge is 0.188 e. The number of fused-ring (bicyclic) bond motifs is 6. The third-order valence-corrected chi connectivity index (χ3v) is 6.96. The van der Waals surface area contributed by atoms with Crippen LogP contribution in [0.3, 0.4) is 0 Å². The van der Waals surface area contributed by atoms with Crippen LogP contribution in [0.2, 0.25) is 0 Å². The average molecular weight is 459 g/mol. The zero-order valence-corrected chi connectivity index (χ0v) is 19.2. The molecule has 0 spiro atoms. The maximum atomic E-state index is 9.27. The van der Waals surface area contributed by atoms with Gasteiger partial charge in [-0.25, -0.2) is 4.85 Å². The lowest BCUT2D eigenvalue weighted by atomic mass is 10.1. The number of nitrogens with zero attached hydrogens (tertiary/aromatic N) is 4. The summed E-state index contributed by atoms with van der Waals surface area (Å²) in [6.45, 7) is 7.50. The lowest BCUT2D eigenvalue weighted by Gasteiger charge is -2.11. The molecule has 0 N–H and O–H groups in total. The van der Waals surface area contributed by atoms with Crippen LogP contribution in [0.4, 0.5) is 5.69 Å². The highest BCUT2D eigenvalue weighted by Crippen LogP contribution is 2.40. The van der Waals surface area contributed by atoms with Gasteiger partial charge >= 0.3 is 0 Å². The quantitative estimate of drug-likeness (QED) is 0.240. The van der Waals surface area contributed by atoms with Crippen LogP contribution in [0.5, 0.6) is 0 Å². The molecule has 0 bridgehead atoms. The van der Waals surface area contributed by atoms with Crippen LogP contribution in [0.1, 0.15) is 5.56 Å². The highest BCUT2D eigenvalue weighted by atomic mass is 15.0. The molecule has 0 amide bonds. The van der Waals surface area contributed by atoms with Gasteiger partial charge in [0.1, 0.15) is 0 Å². The summed E-state index contributed by atoms with van der Waals surface area (Å²) in [7, 11) is 0. The van der Waals surface area contributed by atoms with Gasteiger partial charge < -0.3 is 9.13 Å². The van der Waals surface area contributed by atoms with Gasteiger partial charge in [0.05, 0.1) is 46.0 Å². The van der Waals surface area contributed by atoms with E-state index in [1.807, 2.05) is 42.5 Å². The summed E-state index contributed by atoms with van der Waals surface area (Å²) < 4.78 is 4.58. The van der Waals surface area contributed by atoms with Gasteiger partial charge in [0.25, 0.3) is 0 Å². The standard InChI is InChI=1S/C32H18N4/c1-34-22-15-18-29-26(19-22)24-7-2-4-9-27(24)36(29)31-12-6-11-30-32(31)25-8-3-5-10-28(25)35(30)23-16-13-21(20-33)14-17-23/h2-19H. The maximum absolute atomic E-state index is 9.27. The number of rotatable bonds is 2. The van der Waals surface area contributed by atoms with Crippen molar-refractivity contribution in [2.75, 3.05) is 0 Å². The van der Waals surface area contributed by atoms with Crippen LogP contribution in [0.25, 0.3) is 59.8 Å². The van der Waals surface area contributed by atoms with Gasteiger partial charge in [0.15, 0.2) is 5.69 Å². The van der Waals surface area contributed by atoms with Crippen LogP contribution in [-0.2, 0) is 0 Å². The van der Waals surface area contributed by atoms with Crippen molar-refractivity contribution in [2.45, 2.75) is 0 Å². The van der Waals surface area contributed by atoms with Gasteiger partial charge in [-0.15, -0.1) is 0 Å². The van der Waals surface area contributed by atoms with Crippen molar-refractivity contribution in [1.29, 1.82) is 5.26 Å². The Morgan fingerprint density at radius 1 is 0.611 bits per heavy atom. The van der Waals surface area contributed by atoms with Crippen molar-refractivity contribution in [3.05, 3.63) is 126 Å². The molecule has 0 aliphatic heterocycles. The van der Waals surface area contributed by atoms with E-state index in [-0.39, 0.29) is 0 Å². The molecule has 0 aliphatic carbocycles. The van der Waals surface area contributed by atoms with Crippen LogP contribution in [0, 0.1) is 17.9 Å². The molecule has 4 heteroatoms. The number of hydrogen-bond acceptors (Lipinski definition) is 1. The Labute approximate surface area is 207 Å². The van der Waals surface area contributed by atoms with E-state index < -0.39 is 0 Å². The van der Waals surface area contributed by atoms with Crippen LogP contribution in [0.15, 0.2) is 109 Å². The SMILES string of the molecule is [C-]#[N+]c1ccc2c(c1)c1ccccc1n2-c1cccc2c1c1ccccc1n2-c1ccc(C#N)cc1. The Morgan fingerprint density at radius 3 is 2.03 bits per heavy atom. The fourth-order valence-corrected chi connectivity index (χ4v) is 5.44. The van der Waals surface area contributed by atoms with Crippen molar-refractivity contribution in [1.82, 2.24) is 9.13 Å². The first-order valence-electron chi connectivity index (χ1n) is 11.7. The van der Waals surface area contributed by atoms with Gasteiger partial charge in [-0.3, -0.25) is 0 Å². The Kier molecular flexibility index (Phi) is 4.24. The van der Waals surface area contributed by atoms with Gasteiger partial charge in [0, 0.05) is 21.8 Å². The van der Waals surface area contributed by atoms with E-state index in [1.165, 1.54) is 0 Å². The second-order valence-corrected chi connectivity index (χ2v) is 8.85. The van der Waals surface area contributed by atoms with Crippen molar-refractivity contribution < 1.29 is 0 Å². The first-order valence-corrected chi connectivity index (χ1v) is 11.7. The van der Waals surface area contributed by atoms with E-state index in [0.717, 1.165) is 55.0 Å². The molecular formula is C32H18N4. The molecule has 4 nitrogen and oxygen atoms in total. The molecular weight excluding hydrogens is 440 g/mol. The number of nitriles is 1. The summed E-state index contributed by atoms with van der Waals surface area (Å²) >= 11 is 0. The summed E-state index contributed by atoms with van der Waals surface area (Å²) in [5.41, 5.74) is 7.79. The van der Waals surface area contributed by atoms with Gasteiger partial charge in [-0.2, -0.15) is 5.26 Å². The lowest BCUT2D eigenvalue weighted by Crippen LogP contribution is -1.96. The Hall–Kier alpha value is -5.32. The molecule has 0 saturated carbocycles. The van der Waals surface area contributed by atoms with Crippen molar-refractivity contribution in [2.24, 2.45) is 0 Å². The van der Waals surface area contributed by atoms with Gasteiger partial charge in [0.2, 0.25) is 0 Å². The van der Waals surface area contributed by atoms with Gasteiger partial charge in [-0.1, -0.05) is 48.5 Å². The van der Waals surface area contributed by atoms with Crippen molar-refractivity contribution >= 4 is 49.3 Å². The molecule has 0 radical (unpaired) electrons. The summed E-state index contributed by atoms with van der Waals surface area (Å²) in [6, 6.07) is 39.2. The molecule has 5 aromatic carbocycles. The monoisotopic (exact) mass is 458 g/mol. The molecule has 7 aromatic rings. The molecule has 2 aromatic heterocycles. The molecule has 166 valence electrons. The topological polar surface area (TPSA) is 38.0 Å². The fraction of sp³-hybridized carbons (Fsp3) is 0. The lowest BCUT2D eigenvalue weighted by molar-refractivity contribution is 1.17. The second-order valence-electron chi connectivity index (χ2n) is 8.85. The van der Waals surface area contributed by atoms with Crippen LogP contribution in [-0.4, -0.2) is 9.13 Å². The predicted molar refractivity (Wildman–Crippen MR) is 146 cm³/mol. The third-order valence-electron chi connectivity index (χ3n) is 6.96. The Morgan fingerprint density at radius 2 is 1.28 bits per heavy atom.